The quantitative estimate of drug-likeness (QED) is 0.853. The van der Waals surface area contributed by atoms with Crippen LogP contribution in [0.15, 0.2) is 18.2 Å². The molecule has 23 heavy (non-hydrogen) atoms. The van der Waals surface area contributed by atoms with Crippen molar-refractivity contribution in [2.45, 2.75) is 31.5 Å². The lowest BCUT2D eigenvalue weighted by Crippen LogP contribution is -2.46. The van der Waals surface area contributed by atoms with Gasteiger partial charge in [-0.1, -0.05) is 0 Å². The molecule has 1 aromatic rings. The van der Waals surface area contributed by atoms with Crippen LogP contribution < -0.4 is 9.47 Å². The molecule has 0 saturated heterocycles. The number of methoxy groups -OCH3 is 1. The molecule has 0 N–H and O–H groups in total. The number of halogens is 3. The molecule has 0 aromatic heterocycles. The minimum Gasteiger partial charge on any atom is -0.497 e. The number of carbonyl (C=O) groups is 1. The molecule has 0 radical (unpaired) electrons. The Morgan fingerprint density at radius 2 is 2.13 bits per heavy atom. The summed E-state index contributed by atoms with van der Waals surface area (Å²) in [6.45, 7) is -1.07. The van der Waals surface area contributed by atoms with Crippen LogP contribution in [-0.4, -0.2) is 43.3 Å². The molecule has 1 fully saturated rings. The molecular weight excluding hydrogens is 311 g/mol. The maximum Gasteiger partial charge on any atom is 0.406 e. The Balaban J connectivity index is 1.74. The van der Waals surface area contributed by atoms with Crippen LogP contribution in [0.3, 0.4) is 0 Å². The van der Waals surface area contributed by atoms with E-state index in [1.807, 2.05) is 0 Å². The largest absolute Gasteiger partial charge is 0.497 e. The third kappa shape index (κ3) is 3.71. The first kappa shape index (κ1) is 16.0. The molecule has 1 atom stereocenters. The first-order valence-corrected chi connectivity index (χ1v) is 7.54. The van der Waals surface area contributed by atoms with Crippen LogP contribution in [0.1, 0.15) is 18.4 Å². The lowest BCUT2D eigenvalue weighted by atomic mass is 9.95. The van der Waals surface area contributed by atoms with E-state index < -0.39 is 24.5 Å². The fraction of sp³-hybridized carbons (Fsp3) is 0.562. The van der Waals surface area contributed by atoms with Gasteiger partial charge in [0.05, 0.1) is 13.0 Å². The molecular formula is C16H18F3NO3. The molecule has 126 valence electrons. The fourth-order valence-corrected chi connectivity index (χ4v) is 2.86. The van der Waals surface area contributed by atoms with E-state index in [9.17, 15) is 18.0 Å². The Morgan fingerprint density at radius 1 is 1.39 bits per heavy atom. The zero-order chi connectivity index (χ0) is 16.6. The molecule has 1 aromatic carbocycles. The Bertz CT molecular complexity index is 599. The molecule has 1 heterocycles. The van der Waals surface area contributed by atoms with Crippen molar-refractivity contribution in [2.75, 3.05) is 20.3 Å². The fourth-order valence-electron chi connectivity index (χ4n) is 2.86. The normalized spacial score (nSPS) is 20.4. The molecule has 0 unspecified atom stereocenters. The van der Waals surface area contributed by atoms with Gasteiger partial charge < -0.3 is 14.4 Å². The van der Waals surface area contributed by atoms with Gasteiger partial charge in [0.2, 0.25) is 5.91 Å². The van der Waals surface area contributed by atoms with Gasteiger partial charge in [0.25, 0.3) is 0 Å². The van der Waals surface area contributed by atoms with Gasteiger partial charge in [-0.05, 0) is 43.0 Å². The monoisotopic (exact) mass is 329 g/mol. The SMILES string of the molecule is COc1ccc2c(c1)C[C@H](C(=O)N(CC(F)(F)F)C1CC1)CO2. The topological polar surface area (TPSA) is 38.8 Å². The van der Waals surface area contributed by atoms with Crippen LogP contribution in [0, 0.1) is 5.92 Å². The standard InChI is InChI=1S/C16H18F3NO3/c1-22-13-4-5-14-10(7-13)6-11(8-23-14)15(21)20(12-2-3-12)9-16(17,18)19/h4-5,7,11-12H,2-3,6,8-9H2,1H3/t11-/m0/s1. The third-order valence-corrected chi connectivity index (χ3v) is 4.14. The molecule has 1 aliphatic carbocycles. The summed E-state index contributed by atoms with van der Waals surface area (Å²) in [6.07, 6.45) is -2.74. The number of hydrogen-bond acceptors (Lipinski definition) is 3. The number of alkyl halides is 3. The van der Waals surface area contributed by atoms with Crippen LogP contribution >= 0.6 is 0 Å². The van der Waals surface area contributed by atoms with Crippen LogP contribution in [0.25, 0.3) is 0 Å². The van der Waals surface area contributed by atoms with E-state index in [-0.39, 0.29) is 12.6 Å². The molecule has 1 amide bonds. The molecule has 0 spiro atoms. The molecule has 1 saturated carbocycles. The van der Waals surface area contributed by atoms with E-state index >= 15 is 0 Å². The van der Waals surface area contributed by atoms with E-state index in [2.05, 4.69) is 0 Å². The zero-order valence-corrected chi connectivity index (χ0v) is 12.7. The van der Waals surface area contributed by atoms with Crippen LogP contribution in [0.5, 0.6) is 11.5 Å². The van der Waals surface area contributed by atoms with E-state index in [0.29, 0.717) is 30.8 Å². The van der Waals surface area contributed by atoms with Crippen LogP contribution in [0.4, 0.5) is 13.2 Å². The zero-order valence-electron chi connectivity index (χ0n) is 12.7. The predicted octanol–water partition coefficient (Wildman–Crippen LogP) is 2.80. The van der Waals surface area contributed by atoms with Crippen molar-refractivity contribution in [2.24, 2.45) is 5.92 Å². The smallest absolute Gasteiger partial charge is 0.406 e. The summed E-state index contributed by atoms with van der Waals surface area (Å²) < 4.78 is 48.8. The van der Waals surface area contributed by atoms with E-state index in [0.717, 1.165) is 10.5 Å². The van der Waals surface area contributed by atoms with Crippen LogP contribution in [0.2, 0.25) is 0 Å². The highest BCUT2D eigenvalue weighted by molar-refractivity contribution is 5.80. The Hall–Kier alpha value is -1.92. The molecule has 0 bridgehead atoms. The lowest BCUT2D eigenvalue weighted by molar-refractivity contribution is -0.165. The number of carbonyl (C=O) groups excluding carboxylic acids is 1. The molecule has 3 rings (SSSR count). The molecule has 4 nitrogen and oxygen atoms in total. The van der Waals surface area contributed by atoms with Crippen molar-refractivity contribution >= 4 is 5.91 Å². The summed E-state index contributed by atoms with van der Waals surface area (Å²) in [5, 5.41) is 0. The Morgan fingerprint density at radius 3 is 2.74 bits per heavy atom. The third-order valence-electron chi connectivity index (χ3n) is 4.14. The highest BCUT2D eigenvalue weighted by atomic mass is 19.4. The van der Waals surface area contributed by atoms with Crippen molar-refractivity contribution in [1.29, 1.82) is 0 Å². The van der Waals surface area contributed by atoms with E-state index in [1.54, 1.807) is 18.2 Å². The summed E-state index contributed by atoms with van der Waals surface area (Å²) in [4.78, 5) is 13.5. The molecule has 2 aliphatic rings. The second kappa shape index (κ2) is 5.94. The van der Waals surface area contributed by atoms with Gasteiger partial charge in [0.1, 0.15) is 24.7 Å². The number of rotatable bonds is 4. The highest BCUT2D eigenvalue weighted by Gasteiger charge is 2.43. The summed E-state index contributed by atoms with van der Waals surface area (Å²) >= 11 is 0. The van der Waals surface area contributed by atoms with Crippen molar-refractivity contribution < 1.29 is 27.4 Å². The summed E-state index contributed by atoms with van der Waals surface area (Å²) in [7, 11) is 1.53. The number of benzene rings is 1. The molecule has 7 heteroatoms. The molecule has 1 aliphatic heterocycles. The van der Waals surface area contributed by atoms with Crippen molar-refractivity contribution in [1.82, 2.24) is 4.90 Å². The first-order chi connectivity index (χ1) is 10.9. The Kier molecular flexibility index (Phi) is 4.12. The predicted molar refractivity (Wildman–Crippen MR) is 76.5 cm³/mol. The van der Waals surface area contributed by atoms with Crippen molar-refractivity contribution in [3.05, 3.63) is 23.8 Å². The second-order valence-electron chi connectivity index (χ2n) is 6.00. The maximum absolute atomic E-state index is 12.7. The summed E-state index contributed by atoms with van der Waals surface area (Å²) in [6, 6.07) is 4.99. The summed E-state index contributed by atoms with van der Waals surface area (Å²) in [5.74, 6) is 0.231. The second-order valence-corrected chi connectivity index (χ2v) is 6.00. The van der Waals surface area contributed by atoms with Gasteiger partial charge in [-0.3, -0.25) is 4.79 Å². The van der Waals surface area contributed by atoms with Crippen molar-refractivity contribution in [3.63, 3.8) is 0 Å². The summed E-state index contributed by atoms with van der Waals surface area (Å²) in [5.41, 5.74) is 0.789. The lowest BCUT2D eigenvalue weighted by Gasteiger charge is -2.31. The number of amides is 1. The van der Waals surface area contributed by atoms with Gasteiger partial charge >= 0.3 is 6.18 Å². The average Bonchev–Trinajstić information content (AvgIpc) is 3.34. The number of hydrogen-bond donors (Lipinski definition) is 0. The maximum atomic E-state index is 12.7. The van der Waals surface area contributed by atoms with Gasteiger partial charge in [-0.25, -0.2) is 0 Å². The highest BCUT2D eigenvalue weighted by Crippen LogP contribution is 2.35. The van der Waals surface area contributed by atoms with Crippen molar-refractivity contribution in [3.8, 4) is 11.5 Å². The minimum absolute atomic E-state index is 0.110. The van der Waals surface area contributed by atoms with Gasteiger partial charge in [-0.15, -0.1) is 0 Å². The number of ether oxygens (including phenoxy) is 2. The van der Waals surface area contributed by atoms with Gasteiger partial charge in [0, 0.05) is 6.04 Å². The number of nitrogens with zero attached hydrogens (tertiary/aromatic N) is 1. The first-order valence-electron chi connectivity index (χ1n) is 7.54. The van der Waals surface area contributed by atoms with E-state index in [1.165, 1.54) is 7.11 Å². The Labute approximate surface area is 132 Å². The van der Waals surface area contributed by atoms with Crippen LogP contribution in [-0.2, 0) is 11.2 Å². The average molecular weight is 329 g/mol. The minimum atomic E-state index is -4.38. The van der Waals surface area contributed by atoms with E-state index in [4.69, 9.17) is 9.47 Å². The van der Waals surface area contributed by atoms with Gasteiger partial charge in [0.15, 0.2) is 0 Å². The van der Waals surface area contributed by atoms with Gasteiger partial charge in [-0.2, -0.15) is 13.2 Å². The number of fused-ring (bicyclic) bond motifs is 1.